The minimum absolute atomic E-state index is 0.0160. The Balaban J connectivity index is 1.70. The molecule has 0 unspecified atom stereocenters. The highest BCUT2D eigenvalue weighted by atomic mass is 16.7. The fraction of sp³-hybridized carbons (Fsp3) is 0.133. The third-order valence-corrected chi connectivity index (χ3v) is 3.38. The van der Waals surface area contributed by atoms with E-state index < -0.39 is 10.8 Å². The highest BCUT2D eigenvalue weighted by molar-refractivity contribution is 5.95. The van der Waals surface area contributed by atoms with E-state index in [4.69, 9.17) is 15.2 Å². The van der Waals surface area contributed by atoms with Crippen LogP contribution in [-0.4, -0.2) is 17.6 Å². The Hall–Kier alpha value is -3.29. The van der Waals surface area contributed by atoms with Crippen molar-refractivity contribution in [3.05, 3.63) is 57.6 Å². The van der Waals surface area contributed by atoms with Gasteiger partial charge in [0.15, 0.2) is 11.5 Å². The number of nitrogens with one attached hydrogen (secondary N) is 1. The molecule has 0 aromatic heterocycles. The van der Waals surface area contributed by atoms with Gasteiger partial charge in [-0.3, -0.25) is 14.9 Å². The molecule has 0 bridgehead atoms. The van der Waals surface area contributed by atoms with Gasteiger partial charge in [0.2, 0.25) is 6.79 Å². The van der Waals surface area contributed by atoms with Gasteiger partial charge >= 0.3 is 0 Å². The Morgan fingerprint density at radius 1 is 1.22 bits per heavy atom. The van der Waals surface area contributed by atoms with Gasteiger partial charge in [0.1, 0.15) is 5.69 Å². The zero-order valence-corrected chi connectivity index (χ0v) is 11.9. The summed E-state index contributed by atoms with van der Waals surface area (Å²) in [6.45, 7) is 0.438. The zero-order chi connectivity index (χ0) is 16.4. The van der Waals surface area contributed by atoms with Crippen LogP contribution in [0.5, 0.6) is 11.5 Å². The number of carbonyl (C=O) groups excluding carboxylic acids is 1. The number of benzene rings is 2. The minimum atomic E-state index is -0.621. The number of nitrogen functional groups attached to an aromatic ring is 1. The van der Waals surface area contributed by atoms with Crippen molar-refractivity contribution in [1.82, 2.24) is 5.32 Å². The number of hydrogen-bond donors (Lipinski definition) is 2. The van der Waals surface area contributed by atoms with Crippen LogP contribution in [0, 0.1) is 10.1 Å². The predicted molar refractivity (Wildman–Crippen MR) is 81.2 cm³/mol. The standard InChI is InChI=1S/C15H13N3O5/c16-11-3-2-10(6-12(11)18(20)21)15(19)17-7-9-1-4-13-14(5-9)23-8-22-13/h1-6H,7-8,16H2,(H,17,19). The summed E-state index contributed by atoms with van der Waals surface area (Å²) in [5, 5.41) is 13.5. The molecule has 2 aromatic carbocycles. The SMILES string of the molecule is Nc1ccc(C(=O)NCc2ccc3c(c2)OCO3)cc1[N+](=O)[O-]. The molecular formula is C15H13N3O5. The maximum atomic E-state index is 12.1. The fourth-order valence-corrected chi connectivity index (χ4v) is 2.18. The van der Waals surface area contributed by atoms with E-state index in [0.29, 0.717) is 11.5 Å². The molecule has 3 rings (SSSR count). The maximum absolute atomic E-state index is 12.1. The second-order valence-electron chi connectivity index (χ2n) is 4.90. The monoisotopic (exact) mass is 315 g/mol. The van der Waals surface area contributed by atoms with Crippen molar-refractivity contribution in [2.45, 2.75) is 6.54 Å². The lowest BCUT2D eigenvalue weighted by atomic mass is 10.1. The molecule has 3 N–H and O–H groups in total. The molecule has 118 valence electrons. The first-order valence-corrected chi connectivity index (χ1v) is 6.75. The number of fused-ring (bicyclic) bond motifs is 1. The molecule has 1 aliphatic rings. The van der Waals surface area contributed by atoms with Crippen LogP contribution in [0.1, 0.15) is 15.9 Å². The number of nitro groups is 1. The predicted octanol–water partition coefficient (Wildman–Crippen LogP) is 1.84. The van der Waals surface area contributed by atoms with Crippen molar-refractivity contribution in [2.24, 2.45) is 0 Å². The first-order valence-electron chi connectivity index (χ1n) is 6.75. The molecule has 23 heavy (non-hydrogen) atoms. The molecule has 8 nitrogen and oxygen atoms in total. The highest BCUT2D eigenvalue weighted by Gasteiger charge is 2.16. The molecule has 1 amide bonds. The minimum Gasteiger partial charge on any atom is -0.454 e. The van der Waals surface area contributed by atoms with Crippen molar-refractivity contribution in [3.63, 3.8) is 0 Å². The van der Waals surface area contributed by atoms with E-state index in [0.717, 1.165) is 11.6 Å². The van der Waals surface area contributed by atoms with Crippen molar-refractivity contribution < 1.29 is 19.2 Å². The van der Waals surface area contributed by atoms with Crippen molar-refractivity contribution >= 4 is 17.3 Å². The smallest absolute Gasteiger partial charge is 0.292 e. The van der Waals surface area contributed by atoms with Crippen LogP contribution >= 0.6 is 0 Å². The van der Waals surface area contributed by atoms with Gasteiger partial charge in [0.05, 0.1) is 4.92 Å². The molecule has 1 aliphatic heterocycles. The number of carbonyl (C=O) groups is 1. The van der Waals surface area contributed by atoms with E-state index in [1.807, 2.05) is 0 Å². The maximum Gasteiger partial charge on any atom is 0.292 e. The highest BCUT2D eigenvalue weighted by Crippen LogP contribution is 2.32. The molecule has 2 aromatic rings. The molecule has 0 aliphatic carbocycles. The van der Waals surface area contributed by atoms with Gasteiger partial charge in [0.25, 0.3) is 11.6 Å². The lowest BCUT2D eigenvalue weighted by Crippen LogP contribution is -2.22. The van der Waals surface area contributed by atoms with Crippen LogP contribution in [0.4, 0.5) is 11.4 Å². The van der Waals surface area contributed by atoms with Gasteiger partial charge in [-0.05, 0) is 29.8 Å². The van der Waals surface area contributed by atoms with Crippen LogP contribution in [0.15, 0.2) is 36.4 Å². The Morgan fingerprint density at radius 2 is 2.00 bits per heavy atom. The number of nitrogens with zero attached hydrogens (tertiary/aromatic N) is 1. The molecule has 0 saturated carbocycles. The number of ether oxygens (including phenoxy) is 2. The Bertz CT molecular complexity index is 791. The summed E-state index contributed by atoms with van der Waals surface area (Å²) in [5.74, 6) is 0.861. The number of nitro benzene ring substituents is 1. The molecule has 1 heterocycles. The van der Waals surface area contributed by atoms with E-state index >= 15 is 0 Å². The number of hydrogen-bond acceptors (Lipinski definition) is 6. The van der Waals surface area contributed by atoms with Crippen LogP contribution in [0.3, 0.4) is 0 Å². The van der Waals surface area contributed by atoms with E-state index in [9.17, 15) is 14.9 Å². The van der Waals surface area contributed by atoms with E-state index in [2.05, 4.69) is 5.32 Å². The van der Waals surface area contributed by atoms with Crippen LogP contribution in [-0.2, 0) is 6.54 Å². The Kier molecular flexibility index (Phi) is 3.71. The molecule has 8 heteroatoms. The van der Waals surface area contributed by atoms with Gasteiger partial charge in [-0.2, -0.15) is 0 Å². The third kappa shape index (κ3) is 3.00. The topological polar surface area (TPSA) is 117 Å². The summed E-state index contributed by atoms with van der Waals surface area (Å²) in [7, 11) is 0. The molecule has 0 fully saturated rings. The van der Waals surface area contributed by atoms with Gasteiger partial charge in [0, 0.05) is 18.2 Å². The average molecular weight is 315 g/mol. The second-order valence-corrected chi connectivity index (χ2v) is 4.90. The number of anilines is 1. The van der Waals surface area contributed by atoms with Gasteiger partial charge in [-0.25, -0.2) is 0 Å². The molecule has 0 spiro atoms. The number of amides is 1. The van der Waals surface area contributed by atoms with Gasteiger partial charge < -0.3 is 20.5 Å². The molecule has 0 saturated heterocycles. The summed E-state index contributed by atoms with van der Waals surface area (Å²) < 4.78 is 10.5. The Labute approximate surface area is 131 Å². The van der Waals surface area contributed by atoms with Crippen molar-refractivity contribution in [3.8, 4) is 11.5 Å². The summed E-state index contributed by atoms with van der Waals surface area (Å²) in [6.07, 6.45) is 0. The average Bonchev–Trinajstić information content (AvgIpc) is 3.00. The normalized spacial score (nSPS) is 12.0. The Morgan fingerprint density at radius 3 is 2.78 bits per heavy atom. The summed E-state index contributed by atoms with van der Waals surface area (Å²) >= 11 is 0. The zero-order valence-electron chi connectivity index (χ0n) is 11.9. The third-order valence-electron chi connectivity index (χ3n) is 3.38. The first kappa shape index (κ1) is 14.6. The van der Waals surface area contributed by atoms with E-state index in [1.54, 1.807) is 18.2 Å². The fourth-order valence-electron chi connectivity index (χ4n) is 2.18. The number of nitrogens with two attached hydrogens (primary N) is 1. The summed E-state index contributed by atoms with van der Waals surface area (Å²) in [5.41, 5.74) is 6.23. The lowest BCUT2D eigenvalue weighted by Gasteiger charge is -2.07. The van der Waals surface area contributed by atoms with Crippen molar-refractivity contribution in [1.29, 1.82) is 0 Å². The van der Waals surface area contributed by atoms with E-state index in [1.165, 1.54) is 12.1 Å². The first-order chi connectivity index (χ1) is 11.0. The van der Waals surface area contributed by atoms with Crippen LogP contribution < -0.4 is 20.5 Å². The van der Waals surface area contributed by atoms with Crippen LogP contribution in [0.2, 0.25) is 0 Å². The second kappa shape index (κ2) is 5.84. The molecule has 0 radical (unpaired) electrons. The van der Waals surface area contributed by atoms with Crippen molar-refractivity contribution in [2.75, 3.05) is 12.5 Å². The van der Waals surface area contributed by atoms with Gasteiger partial charge in [-0.15, -0.1) is 0 Å². The van der Waals surface area contributed by atoms with Crippen LogP contribution in [0.25, 0.3) is 0 Å². The van der Waals surface area contributed by atoms with Gasteiger partial charge in [-0.1, -0.05) is 6.07 Å². The molecular weight excluding hydrogens is 302 g/mol. The molecule has 0 atom stereocenters. The lowest BCUT2D eigenvalue weighted by molar-refractivity contribution is -0.383. The summed E-state index contributed by atoms with van der Waals surface area (Å²) in [6, 6.07) is 9.28. The quantitative estimate of drug-likeness (QED) is 0.505. The van der Waals surface area contributed by atoms with E-state index in [-0.39, 0.29) is 30.3 Å². The largest absolute Gasteiger partial charge is 0.454 e. The number of rotatable bonds is 4. The summed E-state index contributed by atoms with van der Waals surface area (Å²) in [4.78, 5) is 22.3.